The molecule has 1 fully saturated rings. The highest BCUT2D eigenvalue weighted by Crippen LogP contribution is 2.25. The SMILES string of the molecule is C=C(C)C(=O)SCCSCCSc1nc(NC2CCCCC2)nc(SCCSCCSC(=O)C(=C)C)n1. The molecule has 0 aliphatic heterocycles. The molecule has 1 aromatic rings. The van der Waals surface area contributed by atoms with Crippen molar-refractivity contribution in [2.75, 3.05) is 51.3 Å². The third-order valence-corrected chi connectivity index (χ3v) is 11.8. The van der Waals surface area contributed by atoms with Gasteiger partial charge in [0.2, 0.25) is 16.2 Å². The fraction of sp³-hybridized carbons (Fsp3) is 0.640. The Balaban J connectivity index is 1.78. The van der Waals surface area contributed by atoms with Crippen molar-refractivity contribution in [1.29, 1.82) is 0 Å². The third kappa shape index (κ3) is 15.2. The first-order chi connectivity index (χ1) is 17.8. The van der Waals surface area contributed by atoms with Crippen LogP contribution in [0.2, 0.25) is 0 Å². The Hall–Kier alpha value is -0.270. The monoisotopic (exact) mass is 618 g/mol. The van der Waals surface area contributed by atoms with E-state index in [1.807, 2.05) is 23.5 Å². The molecule has 37 heavy (non-hydrogen) atoms. The van der Waals surface area contributed by atoms with Crippen molar-refractivity contribution in [3.8, 4) is 0 Å². The van der Waals surface area contributed by atoms with E-state index in [0.717, 1.165) is 56.3 Å². The van der Waals surface area contributed by atoms with Crippen LogP contribution < -0.4 is 5.32 Å². The Bertz CT molecular complexity index is 838. The van der Waals surface area contributed by atoms with E-state index in [-0.39, 0.29) is 10.2 Å². The van der Waals surface area contributed by atoms with Crippen molar-refractivity contribution in [3.63, 3.8) is 0 Å². The highest BCUT2D eigenvalue weighted by Gasteiger charge is 2.16. The van der Waals surface area contributed by atoms with Crippen LogP contribution in [-0.2, 0) is 9.59 Å². The number of nitrogens with zero attached hydrogens (tertiary/aromatic N) is 3. The number of thioether (sulfide) groups is 6. The van der Waals surface area contributed by atoms with E-state index in [2.05, 4.69) is 18.5 Å². The molecule has 1 heterocycles. The quantitative estimate of drug-likeness (QED) is 0.105. The molecule has 0 unspecified atom stereocenters. The largest absolute Gasteiger partial charge is 0.351 e. The molecule has 1 saturated carbocycles. The summed E-state index contributed by atoms with van der Waals surface area (Å²) in [7, 11) is 0. The third-order valence-electron chi connectivity index (χ3n) is 5.07. The molecule has 1 aromatic heterocycles. The summed E-state index contributed by atoms with van der Waals surface area (Å²) in [6.45, 7) is 10.9. The Kier molecular flexibility index (Phi) is 17.6. The topological polar surface area (TPSA) is 84.8 Å². The first-order valence-electron chi connectivity index (χ1n) is 12.4. The van der Waals surface area contributed by atoms with E-state index < -0.39 is 0 Å². The molecule has 0 radical (unpaired) electrons. The van der Waals surface area contributed by atoms with Crippen molar-refractivity contribution < 1.29 is 9.59 Å². The minimum Gasteiger partial charge on any atom is -0.351 e. The van der Waals surface area contributed by atoms with E-state index >= 15 is 0 Å². The second-order valence-electron chi connectivity index (χ2n) is 8.46. The van der Waals surface area contributed by atoms with Gasteiger partial charge in [-0.05, 0) is 37.8 Å². The highest BCUT2D eigenvalue weighted by molar-refractivity contribution is 8.15. The molecule has 2 rings (SSSR count). The predicted octanol–water partition coefficient (Wildman–Crippen LogP) is 6.94. The molecule has 0 spiro atoms. The van der Waals surface area contributed by atoms with Gasteiger partial charge in [-0.2, -0.15) is 38.5 Å². The first kappa shape index (κ1) is 32.9. The summed E-state index contributed by atoms with van der Waals surface area (Å²) in [4.78, 5) is 37.3. The Morgan fingerprint density at radius 2 is 1.19 bits per heavy atom. The maximum Gasteiger partial charge on any atom is 0.227 e. The van der Waals surface area contributed by atoms with Gasteiger partial charge in [0.05, 0.1) is 0 Å². The molecule has 12 heteroatoms. The summed E-state index contributed by atoms with van der Waals surface area (Å²) in [5.74, 6) is 7.98. The van der Waals surface area contributed by atoms with Crippen molar-refractivity contribution in [3.05, 3.63) is 24.3 Å². The molecule has 0 atom stereocenters. The lowest BCUT2D eigenvalue weighted by Gasteiger charge is -2.22. The number of anilines is 1. The van der Waals surface area contributed by atoms with E-state index in [1.54, 1.807) is 37.4 Å². The fourth-order valence-corrected chi connectivity index (χ4v) is 8.70. The number of aromatic nitrogens is 3. The normalized spacial score (nSPS) is 13.9. The Morgan fingerprint density at radius 1 is 0.730 bits per heavy atom. The summed E-state index contributed by atoms with van der Waals surface area (Å²) in [5.41, 5.74) is 1.22. The van der Waals surface area contributed by atoms with E-state index in [0.29, 0.717) is 23.1 Å². The number of rotatable bonds is 18. The molecular formula is C25H38N4O2S6. The average molecular weight is 619 g/mol. The van der Waals surface area contributed by atoms with Gasteiger partial charge in [0.15, 0.2) is 10.3 Å². The van der Waals surface area contributed by atoms with Gasteiger partial charge >= 0.3 is 0 Å². The van der Waals surface area contributed by atoms with Gasteiger partial charge in [-0.3, -0.25) is 9.59 Å². The van der Waals surface area contributed by atoms with Gasteiger partial charge in [-0.1, -0.05) is 79.5 Å². The molecule has 6 nitrogen and oxygen atoms in total. The lowest BCUT2D eigenvalue weighted by atomic mass is 9.96. The molecule has 206 valence electrons. The lowest BCUT2D eigenvalue weighted by Crippen LogP contribution is -2.24. The van der Waals surface area contributed by atoms with Crippen molar-refractivity contribution in [2.24, 2.45) is 0 Å². The Morgan fingerprint density at radius 3 is 1.65 bits per heavy atom. The van der Waals surface area contributed by atoms with Crippen LogP contribution in [0, 0.1) is 0 Å². The van der Waals surface area contributed by atoms with Crippen molar-refractivity contribution in [2.45, 2.75) is 62.3 Å². The zero-order valence-electron chi connectivity index (χ0n) is 21.8. The molecule has 1 N–H and O–H groups in total. The second-order valence-corrected chi connectivity index (χ2v) is 15.2. The Labute approximate surface area is 247 Å². The van der Waals surface area contributed by atoms with E-state index in [1.165, 1.54) is 55.6 Å². The summed E-state index contributed by atoms with van der Waals surface area (Å²) in [6, 6.07) is 0.441. The second kappa shape index (κ2) is 19.7. The van der Waals surface area contributed by atoms with Crippen LogP contribution in [0.15, 0.2) is 34.6 Å². The molecule has 0 aromatic carbocycles. The van der Waals surface area contributed by atoms with Crippen molar-refractivity contribution >= 4 is 86.8 Å². The van der Waals surface area contributed by atoms with Gasteiger partial charge in [0.1, 0.15) is 0 Å². The summed E-state index contributed by atoms with van der Waals surface area (Å²) < 4.78 is 0. The zero-order valence-corrected chi connectivity index (χ0v) is 26.7. The minimum atomic E-state index is 0.0818. The number of hydrogen-bond donors (Lipinski definition) is 1. The number of hydrogen-bond acceptors (Lipinski definition) is 12. The molecule has 0 bridgehead atoms. The number of carbonyl (C=O) groups is 2. The highest BCUT2D eigenvalue weighted by atomic mass is 32.2. The van der Waals surface area contributed by atoms with Crippen LogP contribution in [0.3, 0.4) is 0 Å². The van der Waals surface area contributed by atoms with Crippen LogP contribution in [0.4, 0.5) is 5.95 Å². The molecule has 0 amide bonds. The predicted molar refractivity (Wildman–Crippen MR) is 171 cm³/mol. The van der Waals surface area contributed by atoms with Gasteiger partial charge in [0.25, 0.3) is 0 Å². The summed E-state index contributed by atoms with van der Waals surface area (Å²) >= 11 is 9.70. The molecule has 1 aliphatic rings. The van der Waals surface area contributed by atoms with Crippen LogP contribution in [0.5, 0.6) is 0 Å². The van der Waals surface area contributed by atoms with Crippen LogP contribution in [0.25, 0.3) is 0 Å². The molecular weight excluding hydrogens is 581 g/mol. The zero-order chi connectivity index (χ0) is 26.9. The van der Waals surface area contributed by atoms with Crippen molar-refractivity contribution in [1.82, 2.24) is 15.0 Å². The van der Waals surface area contributed by atoms with Crippen LogP contribution in [0.1, 0.15) is 46.0 Å². The summed E-state index contributed by atoms with van der Waals surface area (Å²) in [5, 5.41) is 5.26. The van der Waals surface area contributed by atoms with Crippen LogP contribution in [-0.4, -0.2) is 77.2 Å². The van der Waals surface area contributed by atoms with Gasteiger partial charge in [0, 0.05) is 52.1 Å². The average Bonchev–Trinajstić information content (AvgIpc) is 2.87. The summed E-state index contributed by atoms with van der Waals surface area (Å²) in [6.07, 6.45) is 6.16. The fourth-order valence-electron chi connectivity index (χ4n) is 3.18. The molecule has 1 aliphatic carbocycles. The maximum atomic E-state index is 11.6. The standard InChI is InChI=1S/C25H38N4O2S6/c1-18(2)21(30)34-14-10-32-12-16-36-24-27-23(26-20-8-6-5-7-9-20)28-25(29-24)37-17-13-33-11-15-35-22(31)19(3)4/h20H,1,3,5-17H2,2,4H3,(H,26,27,28,29). The number of carbonyl (C=O) groups excluding carboxylic acids is 2. The lowest BCUT2D eigenvalue weighted by molar-refractivity contribution is -0.108. The number of nitrogens with one attached hydrogen (secondary N) is 1. The van der Waals surface area contributed by atoms with E-state index in [4.69, 9.17) is 15.0 Å². The van der Waals surface area contributed by atoms with E-state index in [9.17, 15) is 9.59 Å². The smallest absolute Gasteiger partial charge is 0.227 e. The minimum absolute atomic E-state index is 0.0818. The van der Waals surface area contributed by atoms with Crippen LogP contribution >= 0.6 is 70.6 Å². The molecule has 0 saturated heterocycles. The van der Waals surface area contributed by atoms with Gasteiger partial charge in [-0.15, -0.1) is 0 Å². The maximum absolute atomic E-state index is 11.6. The van der Waals surface area contributed by atoms with Gasteiger partial charge < -0.3 is 5.32 Å². The van der Waals surface area contributed by atoms with Gasteiger partial charge in [-0.25, -0.2) is 0 Å². The first-order valence-corrected chi connectivity index (χ1v) is 18.7.